The van der Waals surface area contributed by atoms with E-state index >= 15 is 0 Å². The predicted molar refractivity (Wildman–Crippen MR) is 95.6 cm³/mol. The number of rotatable bonds is 6. The van der Waals surface area contributed by atoms with Gasteiger partial charge in [0.25, 0.3) is 5.91 Å². The monoisotopic (exact) mass is 327 g/mol. The molecule has 2 rings (SSSR count). The van der Waals surface area contributed by atoms with Gasteiger partial charge in [0.05, 0.1) is 13.2 Å². The molecule has 0 aromatic heterocycles. The molecule has 4 nitrogen and oxygen atoms in total. The van der Waals surface area contributed by atoms with Crippen LogP contribution in [0.1, 0.15) is 36.6 Å². The molecule has 0 radical (unpaired) electrons. The van der Waals surface area contributed by atoms with Crippen LogP contribution in [-0.2, 0) is 4.79 Å². The van der Waals surface area contributed by atoms with Crippen molar-refractivity contribution in [3.05, 3.63) is 59.2 Å². The number of carbonyl (C=O) groups excluding carboxylic acids is 1. The van der Waals surface area contributed by atoms with E-state index in [-0.39, 0.29) is 11.9 Å². The molecular formula is C20H25NO3. The third kappa shape index (κ3) is 4.28. The summed E-state index contributed by atoms with van der Waals surface area (Å²) in [6.07, 6.45) is -0.564. The third-order valence-electron chi connectivity index (χ3n) is 4.20. The van der Waals surface area contributed by atoms with Crippen LogP contribution in [0, 0.1) is 13.8 Å². The van der Waals surface area contributed by atoms with Gasteiger partial charge in [0.15, 0.2) is 6.10 Å². The van der Waals surface area contributed by atoms with Crippen molar-refractivity contribution in [1.29, 1.82) is 0 Å². The number of aryl methyl sites for hydroxylation is 1. The molecule has 24 heavy (non-hydrogen) atoms. The Hall–Kier alpha value is -2.49. The van der Waals surface area contributed by atoms with E-state index in [0.717, 1.165) is 28.2 Å². The summed E-state index contributed by atoms with van der Waals surface area (Å²) in [6.45, 7) is 7.73. The highest BCUT2D eigenvalue weighted by atomic mass is 16.5. The Kier molecular flexibility index (Phi) is 5.85. The second-order valence-electron chi connectivity index (χ2n) is 5.96. The molecule has 2 atom stereocenters. The Labute approximate surface area is 143 Å². The zero-order valence-corrected chi connectivity index (χ0v) is 14.9. The summed E-state index contributed by atoms with van der Waals surface area (Å²) >= 11 is 0. The molecule has 128 valence electrons. The van der Waals surface area contributed by atoms with Crippen molar-refractivity contribution >= 4 is 5.91 Å². The fourth-order valence-corrected chi connectivity index (χ4v) is 2.40. The highest BCUT2D eigenvalue weighted by Gasteiger charge is 2.18. The van der Waals surface area contributed by atoms with E-state index in [1.54, 1.807) is 14.0 Å². The van der Waals surface area contributed by atoms with Crippen molar-refractivity contribution in [2.24, 2.45) is 0 Å². The van der Waals surface area contributed by atoms with Gasteiger partial charge in [0, 0.05) is 0 Å². The van der Waals surface area contributed by atoms with Crippen molar-refractivity contribution in [3.8, 4) is 11.5 Å². The first-order valence-electron chi connectivity index (χ1n) is 8.09. The number of methoxy groups -OCH3 is 1. The minimum Gasteiger partial charge on any atom is -0.497 e. The summed E-state index contributed by atoms with van der Waals surface area (Å²) < 4.78 is 11.0. The Balaban J connectivity index is 1.98. The largest absolute Gasteiger partial charge is 0.497 e. The molecule has 0 aliphatic heterocycles. The average Bonchev–Trinajstić information content (AvgIpc) is 2.58. The van der Waals surface area contributed by atoms with E-state index in [9.17, 15) is 4.79 Å². The molecule has 0 saturated carbocycles. The van der Waals surface area contributed by atoms with Crippen LogP contribution < -0.4 is 14.8 Å². The van der Waals surface area contributed by atoms with Gasteiger partial charge in [-0.3, -0.25) is 4.79 Å². The quantitative estimate of drug-likeness (QED) is 0.874. The molecule has 0 heterocycles. The maximum Gasteiger partial charge on any atom is 0.261 e. The van der Waals surface area contributed by atoms with Crippen LogP contribution in [0.5, 0.6) is 11.5 Å². The number of carbonyl (C=O) groups is 1. The molecule has 1 N–H and O–H groups in total. The Morgan fingerprint density at radius 1 is 1.04 bits per heavy atom. The first-order chi connectivity index (χ1) is 11.4. The second kappa shape index (κ2) is 7.86. The Morgan fingerprint density at radius 3 is 2.33 bits per heavy atom. The van der Waals surface area contributed by atoms with Crippen molar-refractivity contribution < 1.29 is 14.3 Å². The minimum atomic E-state index is -0.564. The fourth-order valence-electron chi connectivity index (χ4n) is 2.40. The summed E-state index contributed by atoms with van der Waals surface area (Å²) in [6, 6.07) is 13.4. The van der Waals surface area contributed by atoms with Crippen LogP contribution in [0.4, 0.5) is 0 Å². The molecule has 0 aliphatic rings. The lowest BCUT2D eigenvalue weighted by Crippen LogP contribution is -2.37. The normalized spacial score (nSPS) is 13.0. The van der Waals surface area contributed by atoms with Crippen LogP contribution in [0.3, 0.4) is 0 Å². The van der Waals surface area contributed by atoms with Crippen LogP contribution >= 0.6 is 0 Å². The van der Waals surface area contributed by atoms with Gasteiger partial charge in [0.2, 0.25) is 0 Å². The summed E-state index contributed by atoms with van der Waals surface area (Å²) in [5, 5.41) is 2.98. The van der Waals surface area contributed by atoms with Gasteiger partial charge in [-0.05, 0) is 62.6 Å². The van der Waals surface area contributed by atoms with Gasteiger partial charge in [-0.2, -0.15) is 0 Å². The predicted octanol–water partition coefficient (Wildman–Crippen LogP) is 3.96. The van der Waals surface area contributed by atoms with Gasteiger partial charge in [-0.25, -0.2) is 0 Å². The standard InChI is InChI=1S/C20H25NO3/c1-13-7-6-8-19(14(13)2)24-16(4)20(22)21-15(3)17-9-11-18(23-5)12-10-17/h6-12,15-16H,1-5H3,(H,21,22)/t15-,16-/m0/s1. The third-order valence-corrected chi connectivity index (χ3v) is 4.20. The summed E-state index contributed by atoms with van der Waals surface area (Å²) in [4.78, 5) is 12.4. The first-order valence-corrected chi connectivity index (χ1v) is 8.09. The lowest BCUT2D eigenvalue weighted by molar-refractivity contribution is -0.127. The lowest BCUT2D eigenvalue weighted by Gasteiger charge is -2.20. The van der Waals surface area contributed by atoms with E-state index in [2.05, 4.69) is 5.32 Å². The van der Waals surface area contributed by atoms with Gasteiger partial charge >= 0.3 is 0 Å². The molecule has 2 aromatic carbocycles. The SMILES string of the molecule is COc1ccc([C@H](C)NC(=O)[C@H](C)Oc2cccc(C)c2C)cc1. The van der Waals surface area contributed by atoms with E-state index in [1.165, 1.54) is 0 Å². The van der Waals surface area contributed by atoms with Gasteiger partial charge in [0.1, 0.15) is 11.5 Å². The molecule has 0 unspecified atom stereocenters. The summed E-state index contributed by atoms with van der Waals surface area (Å²) in [7, 11) is 1.63. The van der Waals surface area contributed by atoms with Crippen LogP contribution in [0.2, 0.25) is 0 Å². The van der Waals surface area contributed by atoms with Crippen molar-refractivity contribution in [2.45, 2.75) is 39.8 Å². The average molecular weight is 327 g/mol. The molecule has 0 spiro atoms. The molecule has 0 fully saturated rings. The highest BCUT2D eigenvalue weighted by molar-refractivity contribution is 5.81. The second-order valence-corrected chi connectivity index (χ2v) is 5.96. The molecule has 0 aliphatic carbocycles. The Bertz CT molecular complexity index is 695. The van der Waals surface area contributed by atoms with E-state index in [0.29, 0.717) is 0 Å². The number of benzene rings is 2. The van der Waals surface area contributed by atoms with Crippen LogP contribution in [0.15, 0.2) is 42.5 Å². The first kappa shape index (κ1) is 17.9. The van der Waals surface area contributed by atoms with E-state index < -0.39 is 6.10 Å². The Morgan fingerprint density at radius 2 is 1.71 bits per heavy atom. The molecular weight excluding hydrogens is 302 g/mol. The fraction of sp³-hybridized carbons (Fsp3) is 0.350. The van der Waals surface area contributed by atoms with Crippen molar-refractivity contribution in [3.63, 3.8) is 0 Å². The smallest absolute Gasteiger partial charge is 0.261 e. The molecule has 2 aromatic rings. The van der Waals surface area contributed by atoms with Crippen molar-refractivity contribution in [1.82, 2.24) is 5.32 Å². The maximum atomic E-state index is 12.4. The number of hydrogen-bond donors (Lipinski definition) is 1. The number of hydrogen-bond acceptors (Lipinski definition) is 3. The number of nitrogens with one attached hydrogen (secondary N) is 1. The molecule has 1 amide bonds. The van der Waals surface area contributed by atoms with Gasteiger partial charge < -0.3 is 14.8 Å². The molecule has 0 saturated heterocycles. The molecule has 0 bridgehead atoms. The zero-order chi connectivity index (χ0) is 17.7. The highest BCUT2D eigenvalue weighted by Crippen LogP contribution is 2.22. The minimum absolute atomic E-state index is 0.104. The summed E-state index contributed by atoms with van der Waals surface area (Å²) in [5.74, 6) is 1.40. The van der Waals surface area contributed by atoms with Crippen molar-refractivity contribution in [2.75, 3.05) is 7.11 Å². The van der Waals surface area contributed by atoms with Crippen LogP contribution in [0.25, 0.3) is 0 Å². The topological polar surface area (TPSA) is 47.6 Å². The van der Waals surface area contributed by atoms with Gasteiger partial charge in [-0.15, -0.1) is 0 Å². The molecule has 4 heteroatoms. The number of ether oxygens (including phenoxy) is 2. The van der Waals surface area contributed by atoms with Gasteiger partial charge in [-0.1, -0.05) is 24.3 Å². The summed E-state index contributed by atoms with van der Waals surface area (Å²) in [5.41, 5.74) is 3.22. The van der Waals surface area contributed by atoms with E-state index in [4.69, 9.17) is 9.47 Å². The van der Waals surface area contributed by atoms with Crippen LogP contribution in [-0.4, -0.2) is 19.1 Å². The maximum absolute atomic E-state index is 12.4. The van der Waals surface area contributed by atoms with E-state index in [1.807, 2.05) is 63.2 Å². The zero-order valence-electron chi connectivity index (χ0n) is 14.9. The lowest BCUT2D eigenvalue weighted by atomic mass is 10.1. The number of amides is 1.